The van der Waals surface area contributed by atoms with Gasteiger partial charge in [-0.3, -0.25) is 9.78 Å². The summed E-state index contributed by atoms with van der Waals surface area (Å²) in [5.74, 6) is 2.02. The van der Waals surface area contributed by atoms with Crippen LogP contribution in [0.5, 0.6) is 0 Å². The van der Waals surface area contributed by atoms with Crippen molar-refractivity contribution in [2.75, 3.05) is 31.1 Å². The summed E-state index contributed by atoms with van der Waals surface area (Å²) < 4.78 is 5.53. The predicted molar refractivity (Wildman–Crippen MR) is 143 cm³/mol. The zero-order chi connectivity index (χ0) is 25.5. The fraction of sp³-hybridized carbons (Fsp3) is 0.533. The van der Waals surface area contributed by atoms with Crippen LogP contribution in [0.15, 0.2) is 24.9 Å². The average molecular weight is 498 g/mol. The third-order valence-corrected chi connectivity index (χ3v) is 8.49. The molecule has 0 N–H and O–H groups in total. The Morgan fingerprint density at radius 1 is 1.27 bits per heavy atom. The number of carbonyl (C=O) groups is 1. The normalized spacial score (nSPS) is 23.4. The van der Waals surface area contributed by atoms with Crippen LogP contribution in [0.4, 0.5) is 5.82 Å². The van der Waals surface area contributed by atoms with Gasteiger partial charge in [-0.2, -0.15) is 5.26 Å². The molecule has 1 amide bonds. The van der Waals surface area contributed by atoms with E-state index in [0.29, 0.717) is 36.9 Å². The minimum atomic E-state index is 0.191. The van der Waals surface area contributed by atoms with Gasteiger partial charge in [-0.25, -0.2) is 4.98 Å². The number of aromatic nitrogens is 2. The average Bonchev–Trinajstić information content (AvgIpc) is 3.80. The minimum Gasteiger partial charge on any atom is -0.378 e. The summed E-state index contributed by atoms with van der Waals surface area (Å²) in [6, 6.07) is 6.72. The molecule has 6 rings (SSSR count). The number of hydrogen-bond acceptors (Lipinski definition) is 6. The molecule has 2 aliphatic carbocycles. The number of ether oxygens (including phenoxy) is 1. The Morgan fingerprint density at radius 2 is 2.08 bits per heavy atom. The summed E-state index contributed by atoms with van der Waals surface area (Å²) >= 11 is 0. The molecule has 37 heavy (non-hydrogen) atoms. The van der Waals surface area contributed by atoms with Gasteiger partial charge in [-0.05, 0) is 80.7 Å². The van der Waals surface area contributed by atoms with Gasteiger partial charge in [0.1, 0.15) is 11.9 Å². The molecular weight excluding hydrogens is 462 g/mol. The monoisotopic (exact) mass is 497 g/mol. The topological polar surface area (TPSA) is 82.4 Å². The number of nitriles is 1. The zero-order valence-corrected chi connectivity index (χ0v) is 21.7. The number of carbonyl (C=O) groups excluding carboxylic acids is 1. The van der Waals surface area contributed by atoms with Crippen LogP contribution in [-0.4, -0.2) is 59.2 Å². The summed E-state index contributed by atoms with van der Waals surface area (Å²) in [5.41, 5.74) is 5.65. The number of hydrogen-bond donors (Lipinski definition) is 0. The number of anilines is 1. The zero-order valence-electron chi connectivity index (χ0n) is 21.7. The van der Waals surface area contributed by atoms with Gasteiger partial charge in [0.05, 0.1) is 29.1 Å². The fourth-order valence-corrected chi connectivity index (χ4v) is 5.94. The summed E-state index contributed by atoms with van der Waals surface area (Å²) in [6.07, 6.45) is 10.9. The first-order valence-electron chi connectivity index (χ1n) is 13.8. The number of rotatable bonds is 8. The molecule has 2 aromatic rings. The van der Waals surface area contributed by atoms with Gasteiger partial charge < -0.3 is 14.5 Å². The van der Waals surface area contributed by atoms with Gasteiger partial charge >= 0.3 is 0 Å². The first kappa shape index (κ1) is 24.1. The van der Waals surface area contributed by atoms with Gasteiger partial charge in [-0.1, -0.05) is 6.58 Å². The lowest BCUT2D eigenvalue weighted by atomic mass is 9.93. The van der Waals surface area contributed by atoms with Crippen molar-refractivity contribution in [1.29, 1.82) is 5.26 Å². The third kappa shape index (κ3) is 4.75. The molecule has 7 heteroatoms. The Balaban J connectivity index is 1.30. The Kier molecular flexibility index (Phi) is 6.46. The first-order valence-corrected chi connectivity index (χ1v) is 13.8. The highest BCUT2D eigenvalue weighted by Gasteiger charge is 2.42. The Bertz CT molecular complexity index is 1260. The smallest absolute Gasteiger partial charge is 0.223 e. The quantitative estimate of drug-likeness (QED) is 0.519. The lowest BCUT2D eigenvalue weighted by molar-refractivity contribution is -0.136. The van der Waals surface area contributed by atoms with Gasteiger partial charge in [0.25, 0.3) is 0 Å². The van der Waals surface area contributed by atoms with Gasteiger partial charge in [0.2, 0.25) is 5.91 Å². The van der Waals surface area contributed by atoms with E-state index < -0.39 is 0 Å². The summed E-state index contributed by atoms with van der Waals surface area (Å²) in [5, 5.41) is 10.3. The van der Waals surface area contributed by atoms with Crippen molar-refractivity contribution >= 4 is 17.8 Å². The second kappa shape index (κ2) is 9.90. The van der Waals surface area contributed by atoms with E-state index in [9.17, 15) is 10.1 Å². The number of amides is 1. The standard InChI is InChI=1S/C30H35N5O2/c1-3-23-16-22(10-12-32-23)28-19(2)25(17-31)30(33-29(28)21-6-7-21)34-13-14-35(26(18-34)20-4-5-20)27(36)9-8-24-11-15-37-24/h3,10,12,16,20-21,24,26H,1,4-9,11,13-15,18H2,2H3/t24?,26-/m0/s1. The molecule has 4 fully saturated rings. The van der Waals surface area contributed by atoms with Crippen LogP contribution >= 0.6 is 0 Å². The van der Waals surface area contributed by atoms with Crippen molar-refractivity contribution in [1.82, 2.24) is 14.9 Å². The van der Waals surface area contributed by atoms with Crippen LogP contribution in [-0.2, 0) is 9.53 Å². The molecule has 192 valence electrons. The number of piperazine rings is 1. The predicted octanol–water partition coefficient (Wildman–Crippen LogP) is 4.84. The summed E-state index contributed by atoms with van der Waals surface area (Å²) in [6.45, 7) is 8.89. The van der Waals surface area contributed by atoms with Crippen LogP contribution in [0.3, 0.4) is 0 Å². The molecule has 4 heterocycles. The molecule has 0 aromatic carbocycles. The molecule has 0 spiro atoms. The van der Waals surface area contributed by atoms with Crippen LogP contribution in [0.25, 0.3) is 17.2 Å². The molecule has 2 saturated heterocycles. The molecule has 0 radical (unpaired) electrons. The van der Waals surface area contributed by atoms with E-state index in [0.717, 1.165) is 72.7 Å². The van der Waals surface area contributed by atoms with Gasteiger partial charge in [0, 0.05) is 50.3 Å². The number of pyridine rings is 2. The summed E-state index contributed by atoms with van der Waals surface area (Å²) in [7, 11) is 0. The van der Waals surface area contributed by atoms with Crippen molar-refractivity contribution in [2.24, 2.45) is 5.92 Å². The molecule has 1 unspecified atom stereocenters. The molecule has 2 saturated carbocycles. The van der Waals surface area contributed by atoms with E-state index >= 15 is 0 Å². The van der Waals surface area contributed by atoms with Gasteiger partial charge in [-0.15, -0.1) is 0 Å². The van der Waals surface area contributed by atoms with Crippen LogP contribution in [0.1, 0.15) is 73.4 Å². The Morgan fingerprint density at radius 3 is 2.73 bits per heavy atom. The maximum Gasteiger partial charge on any atom is 0.223 e. The van der Waals surface area contributed by atoms with Crippen molar-refractivity contribution in [3.63, 3.8) is 0 Å². The maximum absolute atomic E-state index is 13.2. The van der Waals surface area contributed by atoms with Crippen molar-refractivity contribution in [2.45, 2.75) is 69.9 Å². The van der Waals surface area contributed by atoms with E-state index in [1.54, 1.807) is 12.3 Å². The van der Waals surface area contributed by atoms with Crippen molar-refractivity contribution in [3.05, 3.63) is 47.4 Å². The van der Waals surface area contributed by atoms with Crippen molar-refractivity contribution < 1.29 is 9.53 Å². The van der Waals surface area contributed by atoms with Crippen LogP contribution < -0.4 is 4.90 Å². The molecule has 4 aliphatic rings. The second-order valence-electron chi connectivity index (χ2n) is 11.0. The SMILES string of the molecule is C=Cc1cc(-c2c(C3CC3)nc(N3CCN(C(=O)CCC4CCO4)[C@H](C4CC4)C3)c(C#N)c2C)ccn1. The maximum atomic E-state index is 13.2. The Labute approximate surface area is 219 Å². The van der Waals surface area contributed by atoms with Crippen LogP contribution in [0.2, 0.25) is 0 Å². The molecule has 2 atom stereocenters. The highest BCUT2D eigenvalue weighted by Crippen LogP contribution is 2.47. The van der Waals surface area contributed by atoms with E-state index in [1.165, 1.54) is 12.8 Å². The van der Waals surface area contributed by atoms with Gasteiger partial charge in [0.15, 0.2) is 0 Å². The second-order valence-corrected chi connectivity index (χ2v) is 11.0. The molecule has 2 aromatic heterocycles. The molecular formula is C30H35N5O2. The van der Waals surface area contributed by atoms with Crippen molar-refractivity contribution in [3.8, 4) is 17.2 Å². The molecule has 0 bridgehead atoms. The lowest BCUT2D eigenvalue weighted by Gasteiger charge is -2.43. The highest BCUT2D eigenvalue weighted by molar-refractivity contribution is 5.79. The van der Waals surface area contributed by atoms with E-state index in [4.69, 9.17) is 9.72 Å². The molecule has 7 nitrogen and oxygen atoms in total. The fourth-order valence-electron chi connectivity index (χ4n) is 5.94. The van der Waals surface area contributed by atoms with E-state index in [2.05, 4.69) is 34.4 Å². The Hall–Kier alpha value is -3.24. The summed E-state index contributed by atoms with van der Waals surface area (Å²) in [4.78, 5) is 27.2. The number of nitrogens with zero attached hydrogens (tertiary/aromatic N) is 5. The largest absolute Gasteiger partial charge is 0.378 e. The third-order valence-electron chi connectivity index (χ3n) is 8.49. The minimum absolute atomic E-state index is 0.191. The van der Waals surface area contributed by atoms with Crippen LogP contribution in [0, 0.1) is 24.2 Å². The lowest BCUT2D eigenvalue weighted by Crippen LogP contribution is -2.56. The first-order chi connectivity index (χ1) is 18.1. The van der Waals surface area contributed by atoms with E-state index in [1.807, 2.05) is 12.1 Å². The van der Waals surface area contributed by atoms with E-state index in [-0.39, 0.29) is 18.1 Å². The molecule has 2 aliphatic heterocycles. The highest BCUT2D eigenvalue weighted by atomic mass is 16.5.